The van der Waals surface area contributed by atoms with Crippen molar-refractivity contribution in [3.05, 3.63) is 78.4 Å². The van der Waals surface area contributed by atoms with Crippen LogP contribution in [0.15, 0.2) is 72.8 Å². The fraction of sp³-hybridized carbons (Fsp3) is 0. The number of aromatic nitrogens is 2. The van der Waals surface area contributed by atoms with Gasteiger partial charge < -0.3 is 11.5 Å². The van der Waals surface area contributed by atoms with Crippen LogP contribution in [0.1, 0.15) is 10.4 Å². The fourth-order valence-corrected chi connectivity index (χ4v) is 3.47. The van der Waals surface area contributed by atoms with E-state index in [2.05, 4.69) is 26.1 Å². The Morgan fingerprint density at radius 3 is 2.25 bits per heavy atom. The number of benzene rings is 3. The summed E-state index contributed by atoms with van der Waals surface area (Å²) in [5, 5.41) is 0.839. The molecule has 0 aliphatic heterocycles. The molecule has 0 unspecified atom stereocenters. The molecule has 0 saturated carbocycles. The Bertz CT molecular complexity index is 1160. The average Bonchev–Trinajstić information content (AvgIpc) is 2.73. The van der Waals surface area contributed by atoms with Crippen molar-refractivity contribution in [3.8, 4) is 11.1 Å². The van der Waals surface area contributed by atoms with E-state index in [0.29, 0.717) is 11.4 Å². The number of halogens is 1. The lowest BCUT2D eigenvalue weighted by Crippen LogP contribution is -2.10. The topological polar surface area (TPSA) is 98.1 Å². The van der Waals surface area contributed by atoms with Crippen LogP contribution >= 0.6 is 16.1 Å². The molecule has 4 rings (SSSR count). The number of carbonyl (C=O) groups is 1. The largest absolute Gasteiger partial charge is 0.368 e. The highest BCUT2D eigenvalue weighted by molar-refractivity contribution is 9.10. The Hall–Kier alpha value is -3.45. The van der Waals surface area contributed by atoms with Gasteiger partial charge >= 0.3 is 0 Å². The van der Waals surface area contributed by atoms with Gasteiger partial charge in [-0.2, -0.15) is 4.98 Å². The van der Waals surface area contributed by atoms with Crippen LogP contribution in [0.3, 0.4) is 0 Å². The van der Waals surface area contributed by atoms with Crippen molar-refractivity contribution >= 4 is 50.4 Å². The van der Waals surface area contributed by atoms with Crippen molar-refractivity contribution in [3.63, 3.8) is 0 Å². The third-order valence-electron chi connectivity index (χ3n) is 4.36. The van der Waals surface area contributed by atoms with Crippen LogP contribution < -0.4 is 15.4 Å². The smallest absolute Gasteiger partial charge is 0.248 e. The van der Waals surface area contributed by atoms with Gasteiger partial charge in [-0.05, 0) is 47.5 Å². The van der Waals surface area contributed by atoms with Gasteiger partial charge in [0.2, 0.25) is 11.9 Å². The summed E-state index contributed by atoms with van der Waals surface area (Å²) in [5.41, 5.74) is 15.3. The van der Waals surface area contributed by atoms with E-state index in [0.717, 1.165) is 27.7 Å². The molecule has 0 fully saturated rings. The predicted molar refractivity (Wildman–Crippen MR) is 115 cm³/mol. The van der Waals surface area contributed by atoms with E-state index < -0.39 is 5.91 Å². The van der Waals surface area contributed by atoms with Crippen molar-refractivity contribution < 1.29 is 4.79 Å². The van der Waals surface area contributed by atoms with Gasteiger partial charge in [-0.15, -0.1) is 0 Å². The molecule has 0 spiro atoms. The fourth-order valence-electron chi connectivity index (χ4n) is 2.97. The molecule has 1 amide bonds. The van der Waals surface area contributed by atoms with Gasteiger partial charge in [0.05, 0.1) is 27.4 Å². The number of amides is 1. The summed E-state index contributed by atoms with van der Waals surface area (Å²) >= 11 is 3.59. The van der Waals surface area contributed by atoms with E-state index in [9.17, 15) is 4.79 Å². The van der Waals surface area contributed by atoms with Gasteiger partial charge in [0.25, 0.3) is 0 Å². The molecule has 7 heteroatoms. The Labute approximate surface area is 170 Å². The molecule has 28 heavy (non-hydrogen) atoms. The molecular formula is C21H16BrN5O. The lowest BCUT2D eigenvalue weighted by atomic mass is 10.0. The third-order valence-corrected chi connectivity index (χ3v) is 5.11. The van der Waals surface area contributed by atoms with Crippen LogP contribution in [-0.2, 0) is 0 Å². The van der Waals surface area contributed by atoms with Crippen molar-refractivity contribution in [2.75, 3.05) is 9.66 Å². The van der Waals surface area contributed by atoms with Gasteiger partial charge in [0, 0.05) is 10.9 Å². The molecule has 3 aromatic carbocycles. The van der Waals surface area contributed by atoms with E-state index in [-0.39, 0.29) is 5.95 Å². The third kappa shape index (κ3) is 3.39. The molecular weight excluding hydrogens is 418 g/mol. The van der Waals surface area contributed by atoms with Gasteiger partial charge in [-0.3, -0.25) is 8.72 Å². The summed E-state index contributed by atoms with van der Waals surface area (Å²) in [4.78, 5) is 20.1. The second kappa shape index (κ2) is 7.28. The predicted octanol–water partition coefficient (Wildman–Crippen LogP) is 4.43. The molecule has 0 aliphatic rings. The van der Waals surface area contributed by atoms with Gasteiger partial charge in [-0.1, -0.05) is 36.4 Å². The first-order valence-electron chi connectivity index (χ1n) is 8.51. The van der Waals surface area contributed by atoms with Crippen molar-refractivity contribution in [2.24, 2.45) is 5.73 Å². The first-order valence-corrected chi connectivity index (χ1v) is 9.22. The second-order valence-corrected chi connectivity index (χ2v) is 6.90. The number of nitrogens with zero attached hydrogens (tertiary/aromatic N) is 3. The summed E-state index contributed by atoms with van der Waals surface area (Å²) in [6, 6.07) is 22.8. The molecule has 0 aliphatic carbocycles. The standard InChI is InChI=1S/C21H16BrN5O/c22-27(16-4-2-1-3-5-16)20-17-12-15(10-11-18(17)25-21(24)26-20)13-6-8-14(9-7-13)19(23)28/h1-12H,(H2,23,28)(H2,24,25,26). The zero-order valence-electron chi connectivity index (χ0n) is 14.7. The number of hydrogen-bond acceptors (Lipinski definition) is 5. The quantitative estimate of drug-likeness (QED) is 0.463. The minimum absolute atomic E-state index is 0.196. The number of nitrogen functional groups attached to an aromatic ring is 1. The monoisotopic (exact) mass is 433 g/mol. The van der Waals surface area contributed by atoms with Gasteiger partial charge in [0.15, 0.2) is 5.82 Å². The summed E-state index contributed by atoms with van der Waals surface area (Å²) in [7, 11) is 0. The number of fused-ring (bicyclic) bond motifs is 1. The maximum atomic E-state index is 11.3. The molecule has 0 radical (unpaired) electrons. The van der Waals surface area contributed by atoms with Crippen LogP contribution in [-0.4, -0.2) is 15.9 Å². The zero-order valence-corrected chi connectivity index (χ0v) is 16.3. The van der Waals surface area contributed by atoms with E-state index >= 15 is 0 Å². The molecule has 4 aromatic rings. The summed E-state index contributed by atoms with van der Waals surface area (Å²) in [5.74, 6) is 0.389. The number of rotatable bonds is 4. The number of primary amides is 1. The SMILES string of the molecule is NC(=O)c1ccc(-c2ccc3nc(N)nc(N(Br)c4ccccc4)c3c2)cc1. The number of carbonyl (C=O) groups excluding carboxylic acids is 1. The van der Waals surface area contributed by atoms with Gasteiger partial charge in [0.1, 0.15) is 0 Å². The molecule has 138 valence electrons. The number of nitrogens with two attached hydrogens (primary N) is 2. The number of anilines is 3. The lowest BCUT2D eigenvalue weighted by Gasteiger charge is -2.18. The van der Waals surface area contributed by atoms with Crippen LogP contribution in [0.25, 0.3) is 22.0 Å². The number of para-hydroxylation sites is 1. The highest BCUT2D eigenvalue weighted by Gasteiger charge is 2.15. The Morgan fingerprint density at radius 1 is 0.893 bits per heavy atom. The molecule has 1 aromatic heterocycles. The van der Waals surface area contributed by atoms with Crippen LogP contribution in [0.2, 0.25) is 0 Å². The second-order valence-electron chi connectivity index (χ2n) is 6.20. The van der Waals surface area contributed by atoms with E-state index in [1.165, 1.54) is 0 Å². The summed E-state index contributed by atoms with van der Waals surface area (Å²) in [6.07, 6.45) is 0. The zero-order chi connectivity index (χ0) is 19.7. The number of hydrogen-bond donors (Lipinski definition) is 2. The molecule has 0 saturated heterocycles. The molecule has 1 heterocycles. The Morgan fingerprint density at radius 2 is 1.57 bits per heavy atom. The van der Waals surface area contributed by atoms with Crippen LogP contribution in [0, 0.1) is 0 Å². The van der Waals surface area contributed by atoms with E-state index in [4.69, 9.17) is 11.5 Å². The van der Waals surface area contributed by atoms with Gasteiger partial charge in [-0.25, -0.2) is 4.98 Å². The van der Waals surface area contributed by atoms with E-state index in [1.54, 1.807) is 16.1 Å². The lowest BCUT2D eigenvalue weighted by molar-refractivity contribution is 0.100. The van der Waals surface area contributed by atoms with Crippen molar-refractivity contribution in [1.82, 2.24) is 9.97 Å². The van der Waals surface area contributed by atoms with Crippen LogP contribution in [0.5, 0.6) is 0 Å². The average molecular weight is 434 g/mol. The van der Waals surface area contributed by atoms with E-state index in [1.807, 2.05) is 60.7 Å². The Balaban J connectivity index is 1.84. The van der Waals surface area contributed by atoms with Crippen molar-refractivity contribution in [2.45, 2.75) is 0 Å². The normalized spacial score (nSPS) is 10.8. The first kappa shape index (κ1) is 17.9. The molecule has 6 nitrogen and oxygen atoms in total. The highest BCUT2D eigenvalue weighted by atomic mass is 79.9. The maximum absolute atomic E-state index is 11.3. The molecule has 0 atom stereocenters. The Kier molecular flexibility index (Phi) is 4.67. The summed E-state index contributed by atoms with van der Waals surface area (Å²) in [6.45, 7) is 0. The van der Waals surface area contributed by atoms with Crippen molar-refractivity contribution in [1.29, 1.82) is 0 Å². The minimum atomic E-state index is -0.450. The van der Waals surface area contributed by atoms with Crippen LogP contribution in [0.4, 0.5) is 17.5 Å². The first-order chi connectivity index (χ1) is 13.5. The summed E-state index contributed by atoms with van der Waals surface area (Å²) < 4.78 is 1.80. The molecule has 0 bridgehead atoms. The highest BCUT2D eigenvalue weighted by Crippen LogP contribution is 2.35. The minimum Gasteiger partial charge on any atom is -0.368 e. The molecule has 4 N–H and O–H groups in total. The maximum Gasteiger partial charge on any atom is 0.248 e.